The lowest BCUT2D eigenvalue weighted by Crippen LogP contribution is -2.17. The molecule has 0 aliphatic carbocycles. The Morgan fingerprint density at radius 2 is 2.04 bits per heavy atom. The highest BCUT2D eigenvalue weighted by Gasteiger charge is 2.08. The number of benzene rings is 1. The van der Waals surface area contributed by atoms with Gasteiger partial charge in [-0.15, -0.1) is 11.8 Å². The molecule has 0 radical (unpaired) electrons. The summed E-state index contributed by atoms with van der Waals surface area (Å²) in [6.45, 7) is 1.87. The van der Waals surface area contributed by atoms with Gasteiger partial charge in [-0.05, 0) is 42.8 Å². The first kappa shape index (κ1) is 18.5. The molecule has 0 atom stereocenters. The van der Waals surface area contributed by atoms with E-state index < -0.39 is 0 Å². The van der Waals surface area contributed by atoms with Gasteiger partial charge in [0.2, 0.25) is 0 Å². The molecule has 0 aliphatic rings. The molecule has 3 rings (SSSR count). The van der Waals surface area contributed by atoms with Crippen molar-refractivity contribution in [3.05, 3.63) is 75.3 Å². The average Bonchev–Trinajstić information content (AvgIpc) is 2.63. The molecule has 0 unspecified atom stereocenters. The van der Waals surface area contributed by atoms with Crippen LogP contribution >= 0.6 is 23.4 Å². The molecular weight excluding hydrogens is 372 g/mol. The SMILES string of the molecule is Cc1cccn2c(=O)cc(COC(=O)CCSc3ccc(Cl)cc3)nc12. The van der Waals surface area contributed by atoms with Gasteiger partial charge in [0.15, 0.2) is 0 Å². The molecule has 134 valence electrons. The minimum absolute atomic E-state index is 0.00941. The summed E-state index contributed by atoms with van der Waals surface area (Å²) in [5.74, 6) is 0.283. The highest BCUT2D eigenvalue weighted by molar-refractivity contribution is 7.99. The summed E-state index contributed by atoms with van der Waals surface area (Å²) in [4.78, 5) is 29.5. The molecule has 5 nitrogen and oxygen atoms in total. The smallest absolute Gasteiger partial charge is 0.307 e. The van der Waals surface area contributed by atoms with Crippen molar-refractivity contribution in [3.8, 4) is 0 Å². The number of ether oxygens (including phenoxy) is 1. The fraction of sp³-hybridized carbons (Fsp3) is 0.211. The molecule has 7 heteroatoms. The minimum atomic E-state index is -0.321. The van der Waals surface area contributed by atoms with E-state index in [9.17, 15) is 9.59 Å². The normalized spacial score (nSPS) is 10.8. The van der Waals surface area contributed by atoms with Crippen LogP contribution in [0.25, 0.3) is 5.65 Å². The predicted molar refractivity (Wildman–Crippen MR) is 103 cm³/mol. The van der Waals surface area contributed by atoms with Crippen molar-refractivity contribution < 1.29 is 9.53 Å². The standard InChI is InChI=1S/C19H17ClN2O3S/c1-13-3-2-9-22-17(23)11-15(21-19(13)22)12-25-18(24)8-10-26-16-6-4-14(20)5-7-16/h2-7,9,11H,8,10,12H2,1H3. The molecule has 0 N–H and O–H groups in total. The summed E-state index contributed by atoms with van der Waals surface area (Å²) in [7, 11) is 0. The van der Waals surface area contributed by atoms with Gasteiger partial charge in [-0.1, -0.05) is 17.7 Å². The number of rotatable bonds is 6. The van der Waals surface area contributed by atoms with Gasteiger partial charge in [-0.3, -0.25) is 14.0 Å². The van der Waals surface area contributed by atoms with Crippen LogP contribution in [0.5, 0.6) is 0 Å². The van der Waals surface area contributed by atoms with E-state index in [4.69, 9.17) is 16.3 Å². The number of carbonyl (C=O) groups is 1. The summed E-state index contributed by atoms with van der Waals surface area (Å²) < 4.78 is 6.72. The van der Waals surface area contributed by atoms with Gasteiger partial charge in [0, 0.05) is 27.9 Å². The molecule has 0 spiro atoms. The molecule has 0 saturated carbocycles. The number of aromatic nitrogens is 2. The molecule has 2 aromatic heterocycles. The number of fused-ring (bicyclic) bond motifs is 1. The summed E-state index contributed by atoms with van der Waals surface area (Å²) in [5.41, 5.74) is 1.72. The third-order valence-electron chi connectivity index (χ3n) is 3.71. The Hall–Kier alpha value is -2.31. The van der Waals surface area contributed by atoms with E-state index in [1.54, 1.807) is 24.0 Å². The van der Waals surface area contributed by atoms with Gasteiger partial charge in [-0.2, -0.15) is 0 Å². The van der Waals surface area contributed by atoms with Crippen LogP contribution in [0.15, 0.2) is 58.4 Å². The Morgan fingerprint density at radius 1 is 1.27 bits per heavy atom. The van der Waals surface area contributed by atoms with Crippen LogP contribution in [0, 0.1) is 6.92 Å². The second-order valence-electron chi connectivity index (χ2n) is 5.68. The van der Waals surface area contributed by atoms with E-state index in [2.05, 4.69) is 4.98 Å². The number of pyridine rings is 1. The number of esters is 1. The Bertz CT molecular complexity index is 986. The lowest BCUT2D eigenvalue weighted by atomic mass is 10.3. The molecule has 1 aromatic carbocycles. The van der Waals surface area contributed by atoms with E-state index in [1.807, 2.05) is 37.3 Å². The average molecular weight is 389 g/mol. The molecule has 3 aromatic rings. The molecule has 0 amide bonds. The molecule has 0 bridgehead atoms. The van der Waals surface area contributed by atoms with Gasteiger partial charge >= 0.3 is 5.97 Å². The maximum atomic E-state index is 12.1. The second kappa shape index (κ2) is 8.38. The molecular formula is C19H17ClN2O3S. The zero-order valence-electron chi connectivity index (χ0n) is 14.1. The van der Waals surface area contributed by atoms with Gasteiger partial charge in [0.05, 0.1) is 12.1 Å². The molecule has 0 aliphatic heterocycles. The fourth-order valence-corrected chi connectivity index (χ4v) is 3.35. The lowest BCUT2D eigenvalue weighted by Gasteiger charge is -2.07. The molecule has 26 heavy (non-hydrogen) atoms. The quantitative estimate of drug-likeness (QED) is 0.473. The predicted octanol–water partition coefficient (Wildman–Crippen LogP) is 3.88. The Kier molecular flexibility index (Phi) is 5.96. The first-order chi connectivity index (χ1) is 12.5. The monoisotopic (exact) mass is 388 g/mol. The molecule has 0 saturated heterocycles. The third kappa shape index (κ3) is 4.65. The lowest BCUT2D eigenvalue weighted by molar-refractivity contribution is -0.144. The van der Waals surface area contributed by atoms with Gasteiger partial charge in [-0.25, -0.2) is 4.98 Å². The molecule has 2 heterocycles. The van der Waals surface area contributed by atoms with Gasteiger partial charge in [0.1, 0.15) is 12.3 Å². The van der Waals surface area contributed by atoms with Crippen LogP contribution in [0.1, 0.15) is 17.7 Å². The van der Waals surface area contributed by atoms with Crippen molar-refractivity contribution in [2.45, 2.75) is 24.8 Å². The fourth-order valence-electron chi connectivity index (χ4n) is 2.39. The largest absolute Gasteiger partial charge is 0.459 e. The van der Waals surface area contributed by atoms with Crippen LogP contribution in [0.4, 0.5) is 0 Å². The Labute approximate surface area is 160 Å². The Morgan fingerprint density at radius 3 is 2.81 bits per heavy atom. The van der Waals surface area contributed by atoms with Crippen molar-refractivity contribution in [3.63, 3.8) is 0 Å². The van der Waals surface area contributed by atoms with Gasteiger partial charge < -0.3 is 4.74 Å². The highest BCUT2D eigenvalue weighted by atomic mass is 35.5. The zero-order valence-corrected chi connectivity index (χ0v) is 15.7. The number of carbonyl (C=O) groups excluding carboxylic acids is 1. The van der Waals surface area contributed by atoms with E-state index in [1.165, 1.54) is 10.5 Å². The van der Waals surface area contributed by atoms with Crippen LogP contribution in [0.3, 0.4) is 0 Å². The number of hydrogen-bond acceptors (Lipinski definition) is 5. The summed E-state index contributed by atoms with van der Waals surface area (Å²) in [6.07, 6.45) is 1.94. The van der Waals surface area contributed by atoms with Gasteiger partial charge in [0.25, 0.3) is 5.56 Å². The van der Waals surface area contributed by atoms with Crippen molar-refractivity contribution in [2.24, 2.45) is 0 Å². The van der Waals surface area contributed by atoms with E-state index in [0.29, 0.717) is 22.1 Å². The highest BCUT2D eigenvalue weighted by Crippen LogP contribution is 2.21. The Balaban J connectivity index is 1.54. The van der Waals surface area contributed by atoms with Crippen LogP contribution in [-0.2, 0) is 16.1 Å². The maximum Gasteiger partial charge on any atom is 0.307 e. The van der Waals surface area contributed by atoms with Crippen LogP contribution < -0.4 is 5.56 Å². The van der Waals surface area contributed by atoms with E-state index >= 15 is 0 Å². The summed E-state index contributed by atoms with van der Waals surface area (Å²) >= 11 is 7.40. The number of halogens is 1. The van der Waals surface area contributed by atoms with E-state index in [-0.39, 0.29) is 24.6 Å². The first-order valence-electron chi connectivity index (χ1n) is 8.05. The van der Waals surface area contributed by atoms with Crippen molar-refractivity contribution >= 4 is 35.0 Å². The second-order valence-corrected chi connectivity index (χ2v) is 7.29. The summed E-state index contributed by atoms with van der Waals surface area (Å²) in [6, 6.07) is 12.5. The number of aryl methyl sites for hydroxylation is 1. The molecule has 0 fully saturated rings. The first-order valence-corrected chi connectivity index (χ1v) is 9.41. The topological polar surface area (TPSA) is 60.7 Å². The number of nitrogens with zero attached hydrogens (tertiary/aromatic N) is 2. The van der Waals surface area contributed by atoms with Crippen LogP contribution in [-0.4, -0.2) is 21.1 Å². The number of thioether (sulfide) groups is 1. The minimum Gasteiger partial charge on any atom is -0.459 e. The van der Waals surface area contributed by atoms with Crippen molar-refractivity contribution in [2.75, 3.05) is 5.75 Å². The van der Waals surface area contributed by atoms with E-state index in [0.717, 1.165) is 10.5 Å². The van der Waals surface area contributed by atoms with Crippen LogP contribution in [0.2, 0.25) is 5.02 Å². The third-order valence-corrected chi connectivity index (χ3v) is 4.97. The summed E-state index contributed by atoms with van der Waals surface area (Å²) in [5, 5.41) is 0.683. The zero-order chi connectivity index (χ0) is 18.5. The maximum absolute atomic E-state index is 12.1. The van der Waals surface area contributed by atoms with Crippen molar-refractivity contribution in [1.82, 2.24) is 9.38 Å². The number of hydrogen-bond donors (Lipinski definition) is 0. The van der Waals surface area contributed by atoms with Crippen molar-refractivity contribution in [1.29, 1.82) is 0 Å².